The first kappa shape index (κ1) is 14.4. The molecule has 1 aliphatic heterocycles. The van der Waals surface area contributed by atoms with E-state index >= 15 is 0 Å². The summed E-state index contributed by atoms with van der Waals surface area (Å²) < 4.78 is 5.44. The Hall–Kier alpha value is -1.06. The third kappa shape index (κ3) is 3.95. The monoisotopic (exact) mass is 262 g/mol. The number of benzene rings is 1. The van der Waals surface area contributed by atoms with E-state index in [9.17, 15) is 0 Å². The van der Waals surface area contributed by atoms with E-state index in [4.69, 9.17) is 10.5 Å². The average molecular weight is 262 g/mol. The number of methoxy groups -OCH3 is 1. The third-order valence-corrected chi connectivity index (χ3v) is 3.94. The molecular formula is C16H26N2O. The molecule has 0 saturated carbocycles. The molecule has 0 spiro atoms. The summed E-state index contributed by atoms with van der Waals surface area (Å²) in [6.07, 6.45) is 5.33. The van der Waals surface area contributed by atoms with E-state index in [0.29, 0.717) is 0 Å². The molecule has 1 unspecified atom stereocenters. The topological polar surface area (TPSA) is 38.5 Å². The van der Waals surface area contributed by atoms with Crippen LogP contribution in [0, 0.1) is 6.92 Å². The molecular weight excluding hydrogens is 236 g/mol. The van der Waals surface area contributed by atoms with Crippen LogP contribution in [-0.2, 0) is 0 Å². The van der Waals surface area contributed by atoms with Gasteiger partial charge in [-0.2, -0.15) is 0 Å². The van der Waals surface area contributed by atoms with Gasteiger partial charge in [-0.1, -0.05) is 30.5 Å². The van der Waals surface area contributed by atoms with E-state index in [1.807, 2.05) is 6.07 Å². The van der Waals surface area contributed by atoms with Crippen LogP contribution in [0.5, 0.6) is 5.75 Å². The quantitative estimate of drug-likeness (QED) is 0.906. The molecule has 3 heteroatoms. The van der Waals surface area contributed by atoms with Crippen LogP contribution in [0.2, 0.25) is 0 Å². The van der Waals surface area contributed by atoms with Crippen molar-refractivity contribution < 1.29 is 4.74 Å². The molecule has 2 N–H and O–H groups in total. The molecule has 0 aromatic heterocycles. The van der Waals surface area contributed by atoms with Crippen molar-refractivity contribution in [2.75, 3.05) is 26.7 Å². The van der Waals surface area contributed by atoms with Crippen molar-refractivity contribution in [1.29, 1.82) is 0 Å². The van der Waals surface area contributed by atoms with Gasteiger partial charge in [-0.05, 0) is 38.9 Å². The summed E-state index contributed by atoms with van der Waals surface area (Å²) in [5, 5.41) is 0. The van der Waals surface area contributed by atoms with E-state index in [2.05, 4.69) is 24.0 Å². The van der Waals surface area contributed by atoms with Crippen LogP contribution >= 0.6 is 0 Å². The number of hydrogen-bond donors (Lipinski definition) is 1. The molecule has 1 heterocycles. The van der Waals surface area contributed by atoms with Crippen LogP contribution in [0.4, 0.5) is 0 Å². The highest BCUT2D eigenvalue weighted by Crippen LogP contribution is 2.26. The lowest BCUT2D eigenvalue weighted by Gasteiger charge is -2.25. The van der Waals surface area contributed by atoms with Gasteiger partial charge in [-0.3, -0.25) is 0 Å². The number of nitrogens with two attached hydrogens (primary N) is 1. The van der Waals surface area contributed by atoms with Gasteiger partial charge in [0.05, 0.1) is 7.11 Å². The lowest BCUT2D eigenvalue weighted by Crippen LogP contribution is -2.33. The molecule has 1 atom stereocenters. The van der Waals surface area contributed by atoms with Crippen molar-refractivity contribution in [2.24, 2.45) is 5.73 Å². The number of aryl methyl sites for hydroxylation is 1. The van der Waals surface area contributed by atoms with Gasteiger partial charge in [-0.25, -0.2) is 0 Å². The highest BCUT2D eigenvalue weighted by atomic mass is 16.5. The van der Waals surface area contributed by atoms with Gasteiger partial charge in [0.25, 0.3) is 0 Å². The molecule has 106 valence electrons. The summed E-state index contributed by atoms with van der Waals surface area (Å²) in [6.45, 7) is 5.39. The molecule has 1 fully saturated rings. The molecule has 3 nitrogen and oxygen atoms in total. The second kappa shape index (κ2) is 6.92. The van der Waals surface area contributed by atoms with Crippen molar-refractivity contribution in [3.8, 4) is 5.75 Å². The largest absolute Gasteiger partial charge is 0.496 e. The van der Waals surface area contributed by atoms with Crippen LogP contribution in [0.3, 0.4) is 0 Å². The van der Waals surface area contributed by atoms with E-state index in [0.717, 1.165) is 17.9 Å². The Labute approximate surface area is 116 Å². The Kier molecular flexibility index (Phi) is 5.23. The minimum absolute atomic E-state index is 0.0351. The molecule has 1 saturated heterocycles. The van der Waals surface area contributed by atoms with Gasteiger partial charge >= 0.3 is 0 Å². The molecule has 1 aliphatic rings. The molecule has 0 amide bonds. The van der Waals surface area contributed by atoms with Gasteiger partial charge in [0.1, 0.15) is 5.75 Å². The van der Waals surface area contributed by atoms with E-state index in [1.165, 1.54) is 44.3 Å². The number of ether oxygens (including phenoxy) is 1. The summed E-state index contributed by atoms with van der Waals surface area (Å²) in [6, 6.07) is 6.28. The van der Waals surface area contributed by atoms with Crippen molar-refractivity contribution in [3.63, 3.8) is 0 Å². The van der Waals surface area contributed by atoms with Crippen LogP contribution in [0.1, 0.15) is 42.9 Å². The van der Waals surface area contributed by atoms with Gasteiger partial charge in [0.15, 0.2) is 0 Å². The van der Waals surface area contributed by atoms with Gasteiger partial charge in [-0.15, -0.1) is 0 Å². The Morgan fingerprint density at radius 3 is 2.53 bits per heavy atom. The first-order valence-corrected chi connectivity index (χ1v) is 7.33. The fourth-order valence-electron chi connectivity index (χ4n) is 2.84. The fraction of sp³-hybridized carbons (Fsp3) is 0.625. The van der Waals surface area contributed by atoms with Crippen LogP contribution in [0.15, 0.2) is 18.2 Å². The standard InChI is InChI=1S/C16H26N2O/c1-13-7-8-16(19-2)14(11-13)15(17)12-18-9-5-3-4-6-10-18/h7-8,11,15H,3-6,9-10,12,17H2,1-2H3. The van der Waals surface area contributed by atoms with E-state index in [-0.39, 0.29) is 6.04 Å². The van der Waals surface area contributed by atoms with Crippen molar-refractivity contribution in [2.45, 2.75) is 38.6 Å². The van der Waals surface area contributed by atoms with E-state index < -0.39 is 0 Å². The maximum Gasteiger partial charge on any atom is 0.123 e. The molecule has 0 radical (unpaired) electrons. The number of nitrogens with zero attached hydrogens (tertiary/aromatic N) is 1. The second-order valence-electron chi connectivity index (χ2n) is 5.57. The Morgan fingerprint density at radius 2 is 1.89 bits per heavy atom. The predicted octanol–water partition coefficient (Wildman–Crippen LogP) is 2.88. The zero-order valence-electron chi connectivity index (χ0n) is 12.2. The van der Waals surface area contributed by atoms with Crippen molar-refractivity contribution >= 4 is 0 Å². The number of likely N-dealkylation sites (tertiary alicyclic amines) is 1. The average Bonchev–Trinajstić information content (AvgIpc) is 2.67. The van der Waals surface area contributed by atoms with Gasteiger partial charge in [0, 0.05) is 18.2 Å². The normalized spacial score (nSPS) is 18.9. The fourth-order valence-corrected chi connectivity index (χ4v) is 2.84. The zero-order valence-corrected chi connectivity index (χ0v) is 12.2. The predicted molar refractivity (Wildman–Crippen MR) is 79.6 cm³/mol. The molecule has 0 aliphatic carbocycles. The lowest BCUT2D eigenvalue weighted by atomic mass is 10.0. The first-order valence-electron chi connectivity index (χ1n) is 7.33. The lowest BCUT2D eigenvalue weighted by molar-refractivity contribution is 0.265. The first-order chi connectivity index (χ1) is 9.20. The smallest absolute Gasteiger partial charge is 0.123 e. The minimum Gasteiger partial charge on any atom is -0.496 e. The Morgan fingerprint density at radius 1 is 1.21 bits per heavy atom. The van der Waals surface area contributed by atoms with Crippen LogP contribution < -0.4 is 10.5 Å². The van der Waals surface area contributed by atoms with Crippen molar-refractivity contribution in [1.82, 2.24) is 4.90 Å². The second-order valence-corrected chi connectivity index (χ2v) is 5.57. The molecule has 1 aromatic rings. The summed E-state index contributed by atoms with van der Waals surface area (Å²) in [5.74, 6) is 0.910. The van der Waals surface area contributed by atoms with Gasteiger partial charge in [0.2, 0.25) is 0 Å². The summed E-state index contributed by atoms with van der Waals surface area (Å²) in [7, 11) is 1.72. The summed E-state index contributed by atoms with van der Waals surface area (Å²) >= 11 is 0. The highest BCUT2D eigenvalue weighted by molar-refractivity contribution is 5.39. The maximum absolute atomic E-state index is 6.40. The minimum atomic E-state index is 0.0351. The Balaban J connectivity index is 2.05. The van der Waals surface area contributed by atoms with Crippen molar-refractivity contribution in [3.05, 3.63) is 29.3 Å². The Bertz CT molecular complexity index is 398. The van der Waals surface area contributed by atoms with Gasteiger partial charge < -0.3 is 15.4 Å². The van der Waals surface area contributed by atoms with Crippen LogP contribution in [-0.4, -0.2) is 31.6 Å². The third-order valence-electron chi connectivity index (χ3n) is 3.94. The molecule has 2 rings (SSSR count). The van der Waals surface area contributed by atoms with Crippen LogP contribution in [0.25, 0.3) is 0 Å². The molecule has 1 aromatic carbocycles. The number of rotatable bonds is 4. The maximum atomic E-state index is 6.40. The summed E-state index contributed by atoms with van der Waals surface area (Å²) in [5.41, 5.74) is 8.77. The van der Waals surface area contributed by atoms with E-state index in [1.54, 1.807) is 7.11 Å². The zero-order chi connectivity index (χ0) is 13.7. The SMILES string of the molecule is COc1ccc(C)cc1C(N)CN1CCCCCC1. The number of hydrogen-bond acceptors (Lipinski definition) is 3. The molecule has 19 heavy (non-hydrogen) atoms. The molecule has 0 bridgehead atoms. The summed E-state index contributed by atoms with van der Waals surface area (Å²) in [4.78, 5) is 2.50. The highest BCUT2D eigenvalue weighted by Gasteiger charge is 2.17.